The molecule has 0 bridgehead atoms. The lowest BCUT2D eigenvalue weighted by Crippen LogP contribution is -2.41. The van der Waals surface area contributed by atoms with Crippen molar-refractivity contribution in [2.75, 3.05) is 19.7 Å². The van der Waals surface area contributed by atoms with Gasteiger partial charge in [-0.3, -0.25) is 4.79 Å². The number of rotatable bonds is 1. The van der Waals surface area contributed by atoms with Crippen LogP contribution < -0.4 is 0 Å². The molecule has 5 nitrogen and oxygen atoms in total. The fraction of sp³-hybridized carbons (Fsp3) is 0.500. The molecule has 1 aromatic rings. The van der Waals surface area contributed by atoms with Crippen LogP contribution in [0.3, 0.4) is 0 Å². The van der Waals surface area contributed by atoms with Gasteiger partial charge in [0.05, 0.1) is 18.8 Å². The van der Waals surface area contributed by atoms with Gasteiger partial charge in [0.25, 0.3) is 0 Å². The van der Waals surface area contributed by atoms with Gasteiger partial charge in [0, 0.05) is 19.7 Å². The average molecular weight is 207 g/mol. The first-order valence-corrected chi connectivity index (χ1v) is 4.90. The Balaban J connectivity index is 2.08. The molecular formula is C10H13N3O2. The maximum Gasteiger partial charge on any atom is 0.219 e. The summed E-state index contributed by atoms with van der Waals surface area (Å²) in [5, 5.41) is 0. The first-order chi connectivity index (χ1) is 7.27. The smallest absolute Gasteiger partial charge is 0.219 e. The number of carbonyl (C=O) groups excluding carboxylic acids is 1. The molecule has 5 heteroatoms. The van der Waals surface area contributed by atoms with Gasteiger partial charge in [-0.15, -0.1) is 0 Å². The molecule has 1 amide bonds. The molecule has 15 heavy (non-hydrogen) atoms. The van der Waals surface area contributed by atoms with Gasteiger partial charge in [-0.2, -0.15) is 0 Å². The van der Waals surface area contributed by atoms with E-state index in [-0.39, 0.29) is 12.0 Å². The number of hydrogen-bond donors (Lipinski definition) is 0. The lowest BCUT2D eigenvalue weighted by Gasteiger charge is -2.31. The quantitative estimate of drug-likeness (QED) is 0.668. The van der Waals surface area contributed by atoms with Crippen LogP contribution in [0.2, 0.25) is 0 Å². The topological polar surface area (TPSA) is 55.3 Å². The molecule has 0 N–H and O–H groups in total. The fourth-order valence-electron chi connectivity index (χ4n) is 1.61. The van der Waals surface area contributed by atoms with Crippen molar-refractivity contribution >= 4 is 5.91 Å². The number of aromatic nitrogens is 2. The molecule has 1 aromatic heterocycles. The number of hydrogen-bond acceptors (Lipinski definition) is 4. The summed E-state index contributed by atoms with van der Waals surface area (Å²) in [6.45, 7) is 3.37. The van der Waals surface area contributed by atoms with E-state index in [1.165, 1.54) is 6.33 Å². The summed E-state index contributed by atoms with van der Waals surface area (Å²) < 4.78 is 5.56. The van der Waals surface area contributed by atoms with Gasteiger partial charge in [-0.05, 0) is 6.07 Å². The molecule has 0 aliphatic carbocycles. The normalized spacial score (nSPS) is 21.4. The molecule has 1 unspecified atom stereocenters. The van der Waals surface area contributed by atoms with E-state index in [4.69, 9.17) is 4.74 Å². The Morgan fingerprint density at radius 3 is 3.20 bits per heavy atom. The monoisotopic (exact) mass is 207 g/mol. The second kappa shape index (κ2) is 4.35. The molecule has 1 aliphatic heterocycles. The molecule has 1 atom stereocenters. The molecule has 0 aromatic carbocycles. The Morgan fingerprint density at radius 1 is 1.67 bits per heavy atom. The van der Waals surface area contributed by atoms with Crippen molar-refractivity contribution in [3.05, 3.63) is 24.3 Å². The number of nitrogens with zero attached hydrogens (tertiary/aromatic N) is 3. The zero-order chi connectivity index (χ0) is 10.7. The van der Waals surface area contributed by atoms with E-state index in [2.05, 4.69) is 9.97 Å². The largest absolute Gasteiger partial charge is 0.368 e. The SMILES string of the molecule is CC(=O)N1CCOC(c2ccncn2)C1. The Labute approximate surface area is 88.1 Å². The zero-order valence-corrected chi connectivity index (χ0v) is 8.59. The summed E-state index contributed by atoms with van der Waals surface area (Å²) >= 11 is 0. The van der Waals surface area contributed by atoms with Crippen LogP contribution in [0.4, 0.5) is 0 Å². The lowest BCUT2D eigenvalue weighted by atomic mass is 10.2. The number of morpholine rings is 1. The van der Waals surface area contributed by atoms with Crippen LogP contribution in [-0.4, -0.2) is 40.5 Å². The maximum atomic E-state index is 11.2. The summed E-state index contributed by atoms with van der Waals surface area (Å²) in [5.74, 6) is 0.0809. The summed E-state index contributed by atoms with van der Waals surface area (Å²) in [4.78, 5) is 21.0. The van der Waals surface area contributed by atoms with Crippen molar-refractivity contribution in [3.63, 3.8) is 0 Å². The Morgan fingerprint density at radius 2 is 2.53 bits per heavy atom. The van der Waals surface area contributed by atoms with E-state index in [1.54, 1.807) is 18.0 Å². The number of amides is 1. The number of carbonyl (C=O) groups is 1. The molecule has 1 saturated heterocycles. The van der Waals surface area contributed by atoms with Gasteiger partial charge in [-0.25, -0.2) is 9.97 Å². The van der Waals surface area contributed by atoms with Crippen LogP contribution in [0.1, 0.15) is 18.7 Å². The van der Waals surface area contributed by atoms with Gasteiger partial charge in [0.15, 0.2) is 0 Å². The molecule has 2 rings (SSSR count). The van der Waals surface area contributed by atoms with E-state index in [9.17, 15) is 4.79 Å². The van der Waals surface area contributed by atoms with E-state index in [1.807, 2.05) is 6.07 Å². The van der Waals surface area contributed by atoms with Crippen LogP contribution in [0.15, 0.2) is 18.6 Å². The van der Waals surface area contributed by atoms with E-state index < -0.39 is 0 Å². The van der Waals surface area contributed by atoms with Crippen molar-refractivity contribution in [1.29, 1.82) is 0 Å². The minimum Gasteiger partial charge on any atom is -0.368 e. The highest BCUT2D eigenvalue weighted by atomic mass is 16.5. The Bertz CT molecular complexity index is 342. The molecule has 1 aliphatic rings. The summed E-state index contributed by atoms with van der Waals surface area (Å²) in [5.41, 5.74) is 0.830. The second-order valence-corrected chi connectivity index (χ2v) is 3.46. The molecule has 80 valence electrons. The molecule has 1 fully saturated rings. The van der Waals surface area contributed by atoms with Crippen molar-refractivity contribution in [2.24, 2.45) is 0 Å². The zero-order valence-electron chi connectivity index (χ0n) is 8.59. The third-order valence-electron chi connectivity index (χ3n) is 2.45. The van der Waals surface area contributed by atoms with Crippen molar-refractivity contribution in [1.82, 2.24) is 14.9 Å². The highest BCUT2D eigenvalue weighted by Gasteiger charge is 2.24. The maximum absolute atomic E-state index is 11.2. The highest BCUT2D eigenvalue weighted by molar-refractivity contribution is 5.73. The van der Waals surface area contributed by atoms with Gasteiger partial charge < -0.3 is 9.64 Å². The van der Waals surface area contributed by atoms with E-state index in [0.717, 1.165) is 5.69 Å². The molecule has 0 spiro atoms. The van der Waals surface area contributed by atoms with Crippen molar-refractivity contribution in [3.8, 4) is 0 Å². The summed E-state index contributed by atoms with van der Waals surface area (Å²) in [7, 11) is 0. The van der Waals surface area contributed by atoms with Gasteiger partial charge in [0.1, 0.15) is 12.4 Å². The predicted octanol–water partition coefficient (Wildman–Crippen LogP) is 0.396. The second-order valence-electron chi connectivity index (χ2n) is 3.46. The van der Waals surface area contributed by atoms with E-state index >= 15 is 0 Å². The van der Waals surface area contributed by atoms with Crippen LogP contribution in [0.5, 0.6) is 0 Å². The standard InChI is InChI=1S/C10H13N3O2/c1-8(14)13-4-5-15-10(6-13)9-2-3-11-7-12-9/h2-3,7,10H,4-6H2,1H3. The molecule has 0 saturated carbocycles. The van der Waals surface area contributed by atoms with E-state index in [0.29, 0.717) is 19.7 Å². The van der Waals surface area contributed by atoms with Crippen LogP contribution in [-0.2, 0) is 9.53 Å². The van der Waals surface area contributed by atoms with Crippen molar-refractivity contribution in [2.45, 2.75) is 13.0 Å². The summed E-state index contributed by atoms with van der Waals surface area (Å²) in [6, 6.07) is 1.81. The van der Waals surface area contributed by atoms with Crippen molar-refractivity contribution < 1.29 is 9.53 Å². The molecule has 2 heterocycles. The minimum atomic E-state index is -0.120. The first-order valence-electron chi connectivity index (χ1n) is 4.90. The minimum absolute atomic E-state index is 0.0809. The third-order valence-corrected chi connectivity index (χ3v) is 2.45. The van der Waals surface area contributed by atoms with Gasteiger partial charge in [-0.1, -0.05) is 0 Å². The van der Waals surface area contributed by atoms with Crippen LogP contribution in [0.25, 0.3) is 0 Å². The van der Waals surface area contributed by atoms with Crippen LogP contribution >= 0.6 is 0 Å². The highest BCUT2D eigenvalue weighted by Crippen LogP contribution is 2.19. The summed E-state index contributed by atoms with van der Waals surface area (Å²) in [6.07, 6.45) is 3.05. The molecular weight excluding hydrogens is 194 g/mol. The lowest BCUT2D eigenvalue weighted by molar-refractivity contribution is -0.136. The van der Waals surface area contributed by atoms with Gasteiger partial charge in [0.2, 0.25) is 5.91 Å². The van der Waals surface area contributed by atoms with Gasteiger partial charge >= 0.3 is 0 Å². The Kier molecular flexibility index (Phi) is 2.91. The average Bonchev–Trinajstić information content (AvgIpc) is 2.30. The van der Waals surface area contributed by atoms with Crippen LogP contribution in [0, 0.1) is 0 Å². The fourth-order valence-corrected chi connectivity index (χ4v) is 1.61. The molecule has 0 radical (unpaired) electrons. The third kappa shape index (κ3) is 2.30. The number of ether oxygens (including phenoxy) is 1. The Hall–Kier alpha value is -1.49. The first kappa shape index (κ1) is 10.0. The predicted molar refractivity (Wildman–Crippen MR) is 53.0 cm³/mol.